The van der Waals surface area contributed by atoms with Crippen LogP contribution in [0.4, 0.5) is 0 Å². The van der Waals surface area contributed by atoms with Crippen LogP contribution in [0, 0.1) is 0 Å². The van der Waals surface area contributed by atoms with Crippen molar-refractivity contribution in [2.75, 3.05) is 13.6 Å². The third-order valence-electron chi connectivity index (χ3n) is 4.17. The molecular weight excluding hydrogens is 252 g/mol. The highest BCUT2D eigenvalue weighted by Gasteiger charge is 2.36. The average molecular weight is 278 g/mol. The van der Waals surface area contributed by atoms with Gasteiger partial charge in [0.2, 0.25) is 0 Å². The fourth-order valence-electron chi connectivity index (χ4n) is 3.04. The lowest BCUT2D eigenvalue weighted by Gasteiger charge is -2.44. The van der Waals surface area contributed by atoms with E-state index in [9.17, 15) is 0 Å². The molecule has 3 heteroatoms. The molecule has 0 aliphatic heterocycles. The van der Waals surface area contributed by atoms with E-state index >= 15 is 0 Å². The first kappa shape index (κ1) is 14.9. The molecule has 0 spiro atoms. The largest absolute Gasteiger partial charge is 0.314 e. The summed E-state index contributed by atoms with van der Waals surface area (Å²) in [5.74, 6) is 0. The zero-order valence-electron chi connectivity index (χ0n) is 12.1. The van der Waals surface area contributed by atoms with E-state index in [1.165, 1.54) is 24.8 Å². The van der Waals surface area contributed by atoms with Crippen LogP contribution in [-0.4, -0.2) is 29.4 Å². The summed E-state index contributed by atoms with van der Waals surface area (Å²) in [6.45, 7) is 4.21. The van der Waals surface area contributed by atoms with E-state index in [1.807, 2.05) is 0 Å². The molecule has 0 saturated heterocycles. The van der Waals surface area contributed by atoms with Gasteiger partial charge in [-0.3, -0.25) is 4.90 Å². The second-order valence-corrected chi connectivity index (χ2v) is 6.51. The molecule has 1 unspecified atom stereocenters. The molecule has 1 saturated carbocycles. The molecule has 1 aliphatic rings. The molecule has 2 atom stereocenters. The van der Waals surface area contributed by atoms with Crippen molar-refractivity contribution in [1.82, 2.24) is 10.2 Å². The predicted octanol–water partition coefficient (Wildman–Crippen LogP) is 3.30. The quantitative estimate of drug-likeness (QED) is 0.635. The van der Waals surface area contributed by atoms with E-state index in [1.54, 1.807) is 0 Å². The lowest BCUT2D eigenvalue weighted by atomic mass is 9.89. The first-order chi connectivity index (χ1) is 9.14. The second-order valence-electron chi connectivity index (χ2n) is 5.68. The number of hydrogen-bond acceptors (Lipinski definition) is 3. The number of thiol groups is 1. The number of hydrogen-bond donors (Lipinski definition) is 2. The van der Waals surface area contributed by atoms with Crippen LogP contribution in [0.3, 0.4) is 0 Å². The summed E-state index contributed by atoms with van der Waals surface area (Å²) in [7, 11) is 2.20. The number of nitrogens with zero attached hydrogens (tertiary/aromatic N) is 1. The maximum absolute atomic E-state index is 5.01. The van der Waals surface area contributed by atoms with Gasteiger partial charge in [-0.05, 0) is 44.8 Å². The lowest BCUT2D eigenvalue weighted by Crippen LogP contribution is -2.49. The van der Waals surface area contributed by atoms with Crippen molar-refractivity contribution in [3.05, 3.63) is 35.9 Å². The van der Waals surface area contributed by atoms with Crippen LogP contribution in [0.1, 0.15) is 38.2 Å². The third kappa shape index (κ3) is 3.98. The van der Waals surface area contributed by atoms with Gasteiger partial charge in [0, 0.05) is 12.6 Å². The molecule has 0 heterocycles. The Morgan fingerprint density at radius 1 is 1.37 bits per heavy atom. The zero-order chi connectivity index (χ0) is 13.7. The van der Waals surface area contributed by atoms with Gasteiger partial charge in [0.1, 0.15) is 0 Å². The molecule has 0 radical (unpaired) electrons. The van der Waals surface area contributed by atoms with Gasteiger partial charge in [0.15, 0.2) is 0 Å². The Morgan fingerprint density at radius 3 is 2.79 bits per heavy atom. The molecule has 0 aromatic heterocycles. The van der Waals surface area contributed by atoms with Gasteiger partial charge >= 0.3 is 0 Å². The molecule has 19 heavy (non-hydrogen) atoms. The molecule has 1 aromatic carbocycles. The van der Waals surface area contributed by atoms with Crippen LogP contribution in [0.5, 0.6) is 0 Å². The fourth-order valence-corrected chi connectivity index (χ4v) is 3.49. The second kappa shape index (κ2) is 6.78. The molecule has 0 bridgehead atoms. The van der Waals surface area contributed by atoms with Gasteiger partial charge in [-0.2, -0.15) is 12.6 Å². The summed E-state index contributed by atoms with van der Waals surface area (Å²) in [5, 5.41) is 3.58. The minimum absolute atomic E-state index is 0.0287. The molecule has 1 fully saturated rings. The predicted molar refractivity (Wildman–Crippen MR) is 85.6 cm³/mol. The minimum Gasteiger partial charge on any atom is -0.314 e. The summed E-state index contributed by atoms with van der Waals surface area (Å²) < 4.78 is 0. The Morgan fingerprint density at radius 2 is 2.11 bits per heavy atom. The van der Waals surface area contributed by atoms with Gasteiger partial charge in [0.25, 0.3) is 0 Å². The van der Waals surface area contributed by atoms with Crippen molar-refractivity contribution in [3.8, 4) is 0 Å². The van der Waals surface area contributed by atoms with Crippen LogP contribution < -0.4 is 5.32 Å². The lowest BCUT2D eigenvalue weighted by molar-refractivity contribution is 0.136. The summed E-state index contributed by atoms with van der Waals surface area (Å²) in [5.41, 5.74) is 1.36. The molecule has 1 aliphatic carbocycles. The Hall–Kier alpha value is -0.510. The van der Waals surface area contributed by atoms with Crippen molar-refractivity contribution < 1.29 is 0 Å². The minimum atomic E-state index is 0.0287. The molecule has 0 amide bonds. The smallest absolute Gasteiger partial charge is 0.0655 e. The van der Waals surface area contributed by atoms with E-state index in [2.05, 4.69) is 54.5 Å². The van der Waals surface area contributed by atoms with Crippen molar-refractivity contribution in [1.29, 1.82) is 0 Å². The van der Waals surface area contributed by atoms with Gasteiger partial charge in [-0.15, -0.1) is 0 Å². The van der Waals surface area contributed by atoms with E-state index in [4.69, 9.17) is 12.6 Å². The Kier molecular flexibility index (Phi) is 5.31. The summed E-state index contributed by atoms with van der Waals surface area (Å²) in [4.78, 5) is 2.44. The van der Waals surface area contributed by atoms with Crippen molar-refractivity contribution in [2.45, 2.75) is 50.1 Å². The number of benzene rings is 1. The van der Waals surface area contributed by atoms with E-state index in [0.717, 1.165) is 19.5 Å². The van der Waals surface area contributed by atoms with Crippen LogP contribution in [0.15, 0.2) is 30.3 Å². The van der Waals surface area contributed by atoms with E-state index in [0.29, 0.717) is 6.04 Å². The maximum Gasteiger partial charge on any atom is 0.0655 e. The first-order valence-electron chi connectivity index (χ1n) is 7.35. The van der Waals surface area contributed by atoms with Crippen molar-refractivity contribution in [3.63, 3.8) is 0 Å². The molecule has 2 rings (SSSR count). The third-order valence-corrected chi connectivity index (χ3v) is 4.92. The Balaban J connectivity index is 1.98. The van der Waals surface area contributed by atoms with E-state index < -0.39 is 0 Å². The summed E-state index contributed by atoms with van der Waals surface area (Å²) in [6, 6.07) is 11.3. The zero-order valence-corrected chi connectivity index (χ0v) is 13.0. The van der Waals surface area contributed by atoms with Crippen LogP contribution in [0.25, 0.3) is 0 Å². The molecule has 1 N–H and O–H groups in total. The van der Waals surface area contributed by atoms with Crippen LogP contribution >= 0.6 is 12.6 Å². The Bertz CT molecular complexity index is 380. The SMILES string of the molecule is CCN[C@H]1CCCC(S)(N(C)Cc2ccccc2)C1. The maximum atomic E-state index is 5.01. The summed E-state index contributed by atoms with van der Waals surface area (Å²) >= 11 is 5.01. The fraction of sp³-hybridized carbons (Fsp3) is 0.625. The molecule has 106 valence electrons. The molecule has 2 nitrogen and oxygen atoms in total. The highest BCUT2D eigenvalue weighted by molar-refractivity contribution is 7.81. The number of nitrogens with one attached hydrogen (secondary N) is 1. The van der Waals surface area contributed by atoms with Crippen molar-refractivity contribution >= 4 is 12.6 Å². The standard InChI is InChI=1S/C16H26N2S/c1-3-17-15-10-7-11-16(19,12-15)18(2)13-14-8-5-4-6-9-14/h4-6,8-9,15,17,19H,3,7,10-13H2,1-2H3/t15-,16?/m0/s1. The van der Waals surface area contributed by atoms with Gasteiger partial charge in [0.05, 0.1) is 4.87 Å². The summed E-state index contributed by atoms with van der Waals surface area (Å²) in [6.07, 6.45) is 4.87. The highest BCUT2D eigenvalue weighted by atomic mass is 32.1. The van der Waals surface area contributed by atoms with Crippen LogP contribution in [0.2, 0.25) is 0 Å². The average Bonchev–Trinajstić information content (AvgIpc) is 2.40. The molecule has 1 aromatic rings. The number of rotatable bonds is 5. The highest BCUT2D eigenvalue weighted by Crippen LogP contribution is 2.37. The topological polar surface area (TPSA) is 15.3 Å². The first-order valence-corrected chi connectivity index (χ1v) is 7.80. The van der Waals surface area contributed by atoms with E-state index in [-0.39, 0.29) is 4.87 Å². The normalized spacial score (nSPS) is 27.7. The van der Waals surface area contributed by atoms with Gasteiger partial charge in [-0.25, -0.2) is 0 Å². The Labute approximate surface area is 123 Å². The molecular formula is C16H26N2S. The van der Waals surface area contributed by atoms with Gasteiger partial charge < -0.3 is 5.32 Å². The van der Waals surface area contributed by atoms with Crippen molar-refractivity contribution in [2.24, 2.45) is 0 Å². The van der Waals surface area contributed by atoms with Gasteiger partial charge in [-0.1, -0.05) is 37.3 Å². The monoisotopic (exact) mass is 278 g/mol. The van der Waals surface area contributed by atoms with Crippen LogP contribution in [-0.2, 0) is 6.54 Å².